The van der Waals surface area contributed by atoms with Crippen molar-refractivity contribution in [3.05, 3.63) is 34.0 Å². The van der Waals surface area contributed by atoms with E-state index in [0.29, 0.717) is 24.7 Å². The molecule has 2 saturated heterocycles. The standard InChI is InChI=1S/C17H22N4O2S/c1-3-21-13(8-11(2)19-21)17(22)20-6-4-12-9-14(23-15(12)10-20)16-18-5-7-24-16/h5,7-8,12,14-15H,3-4,6,9-10H2,1-2H3/t12-,14-,15+/m1/s1. The maximum Gasteiger partial charge on any atom is 0.272 e. The number of ether oxygens (including phenoxy) is 1. The van der Waals surface area contributed by atoms with Crippen LogP contribution >= 0.6 is 11.3 Å². The van der Waals surface area contributed by atoms with Gasteiger partial charge in [0.25, 0.3) is 5.91 Å². The lowest BCUT2D eigenvalue weighted by Crippen LogP contribution is -2.45. The van der Waals surface area contributed by atoms with Crippen molar-refractivity contribution >= 4 is 17.2 Å². The first-order valence-corrected chi connectivity index (χ1v) is 9.42. The minimum Gasteiger partial charge on any atom is -0.366 e. The van der Waals surface area contributed by atoms with Gasteiger partial charge in [-0.1, -0.05) is 0 Å². The van der Waals surface area contributed by atoms with Gasteiger partial charge in [0.15, 0.2) is 0 Å². The predicted octanol–water partition coefficient (Wildman–Crippen LogP) is 2.66. The summed E-state index contributed by atoms with van der Waals surface area (Å²) in [5.41, 5.74) is 1.57. The van der Waals surface area contributed by atoms with E-state index in [1.54, 1.807) is 16.0 Å². The Morgan fingerprint density at radius 3 is 3.12 bits per heavy atom. The Morgan fingerprint density at radius 1 is 1.50 bits per heavy atom. The van der Waals surface area contributed by atoms with Gasteiger partial charge in [0.05, 0.1) is 11.8 Å². The lowest BCUT2D eigenvalue weighted by atomic mass is 9.91. The van der Waals surface area contributed by atoms with Crippen LogP contribution in [0.2, 0.25) is 0 Å². The summed E-state index contributed by atoms with van der Waals surface area (Å²) in [7, 11) is 0. The summed E-state index contributed by atoms with van der Waals surface area (Å²) in [6.07, 6.45) is 4.06. The fourth-order valence-corrected chi connectivity index (χ4v) is 4.47. The number of carbonyl (C=O) groups excluding carboxylic acids is 1. The average molecular weight is 346 g/mol. The number of thiazole rings is 1. The Balaban J connectivity index is 1.47. The number of fused-ring (bicyclic) bond motifs is 1. The maximum absolute atomic E-state index is 12.9. The van der Waals surface area contributed by atoms with Gasteiger partial charge in [-0.05, 0) is 38.7 Å². The Bertz CT molecular complexity index is 727. The molecule has 128 valence electrons. The van der Waals surface area contributed by atoms with E-state index in [0.717, 1.165) is 30.1 Å². The highest BCUT2D eigenvalue weighted by molar-refractivity contribution is 7.09. The largest absolute Gasteiger partial charge is 0.366 e. The van der Waals surface area contributed by atoms with Crippen LogP contribution in [0, 0.1) is 12.8 Å². The molecule has 0 unspecified atom stereocenters. The zero-order valence-corrected chi connectivity index (χ0v) is 14.8. The van der Waals surface area contributed by atoms with Crippen molar-refractivity contribution in [1.82, 2.24) is 19.7 Å². The summed E-state index contributed by atoms with van der Waals surface area (Å²) in [4.78, 5) is 19.2. The third kappa shape index (κ3) is 2.75. The SMILES string of the molecule is CCn1nc(C)cc1C(=O)N1CC[C@@H]2C[C@H](c3nccs3)O[C@H]2C1. The first-order valence-electron chi connectivity index (χ1n) is 8.54. The third-order valence-electron chi connectivity index (χ3n) is 4.99. The van der Waals surface area contributed by atoms with Crippen LogP contribution in [0.4, 0.5) is 0 Å². The molecule has 0 N–H and O–H groups in total. The number of amides is 1. The van der Waals surface area contributed by atoms with E-state index < -0.39 is 0 Å². The number of rotatable bonds is 3. The first kappa shape index (κ1) is 15.8. The molecule has 0 saturated carbocycles. The zero-order chi connectivity index (χ0) is 16.7. The minimum atomic E-state index is 0.0669. The molecule has 2 fully saturated rings. The van der Waals surface area contributed by atoms with E-state index in [2.05, 4.69) is 10.1 Å². The second kappa shape index (κ2) is 6.29. The fourth-order valence-electron chi connectivity index (χ4n) is 3.79. The molecule has 4 heterocycles. The van der Waals surface area contributed by atoms with Crippen molar-refractivity contribution in [3.63, 3.8) is 0 Å². The summed E-state index contributed by atoms with van der Waals surface area (Å²) >= 11 is 1.65. The molecule has 2 aliphatic heterocycles. The molecule has 2 aromatic heterocycles. The van der Waals surface area contributed by atoms with Gasteiger partial charge in [-0.2, -0.15) is 5.10 Å². The third-order valence-corrected chi connectivity index (χ3v) is 5.85. The van der Waals surface area contributed by atoms with Gasteiger partial charge in [-0.25, -0.2) is 4.98 Å². The van der Waals surface area contributed by atoms with Gasteiger partial charge in [-0.15, -0.1) is 11.3 Å². The van der Waals surface area contributed by atoms with E-state index in [1.165, 1.54) is 0 Å². The van der Waals surface area contributed by atoms with Crippen molar-refractivity contribution < 1.29 is 9.53 Å². The number of carbonyl (C=O) groups is 1. The molecule has 3 atom stereocenters. The molecule has 7 heteroatoms. The Hall–Kier alpha value is -1.73. The van der Waals surface area contributed by atoms with E-state index in [1.807, 2.05) is 36.4 Å². The molecule has 0 aromatic carbocycles. The minimum absolute atomic E-state index is 0.0669. The predicted molar refractivity (Wildman–Crippen MR) is 91.0 cm³/mol. The zero-order valence-electron chi connectivity index (χ0n) is 14.0. The van der Waals surface area contributed by atoms with Crippen LogP contribution in [0.3, 0.4) is 0 Å². The van der Waals surface area contributed by atoms with Crippen LogP contribution in [-0.4, -0.2) is 44.8 Å². The lowest BCUT2D eigenvalue weighted by molar-refractivity contribution is -0.00481. The number of aryl methyl sites for hydroxylation is 2. The molecule has 0 spiro atoms. The van der Waals surface area contributed by atoms with Crippen molar-refractivity contribution in [1.29, 1.82) is 0 Å². The second-order valence-electron chi connectivity index (χ2n) is 6.56. The van der Waals surface area contributed by atoms with Gasteiger partial charge < -0.3 is 9.64 Å². The highest BCUT2D eigenvalue weighted by Crippen LogP contribution is 2.41. The highest BCUT2D eigenvalue weighted by Gasteiger charge is 2.41. The van der Waals surface area contributed by atoms with Crippen molar-refractivity contribution in [3.8, 4) is 0 Å². The molecule has 2 aliphatic rings. The topological polar surface area (TPSA) is 60.2 Å². The van der Waals surface area contributed by atoms with E-state index in [4.69, 9.17) is 4.74 Å². The molecule has 0 bridgehead atoms. The molecule has 6 nitrogen and oxygen atoms in total. The van der Waals surface area contributed by atoms with E-state index in [-0.39, 0.29) is 18.1 Å². The van der Waals surface area contributed by atoms with Crippen LogP contribution in [0.5, 0.6) is 0 Å². The van der Waals surface area contributed by atoms with E-state index >= 15 is 0 Å². The number of hydrogen-bond acceptors (Lipinski definition) is 5. The summed E-state index contributed by atoms with van der Waals surface area (Å²) < 4.78 is 8.01. The van der Waals surface area contributed by atoms with Crippen LogP contribution in [0.15, 0.2) is 17.6 Å². The number of hydrogen-bond donors (Lipinski definition) is 0. The normalized spacial score (nSPS) is 26.6. The molecular formula is C17H22N4O2S. The molecular weight excluding hydrogens is 324 g/mol. The monoisotopic (exact) mass is 346 g/mol. The smallest absolute Gasteiger partial charge is 0.272 e. The van der Waals surface area contributed by atoms with Crippen molar-refractivity contribution in [2.45, 2.75) is 45.4 Å². The summed E-state index contributed by atoms with van der Waals surface area (Å²) in [5, 5.41) is 7.44. The van der Waals surface area contributed by atoms with Crippen LogP contribution in [-0.2, 0) is 11.3 Å². The van der Waals surface area contributed by atoms with E-state index in [9.17, 15) is 4.79 Å². The number of likely N-dealkylation sites (tertiary alicyclic amines) is 1. The average Bonchev–Trinajstić information content (AvgIpc) is 3.31. The summed E-state index contributed by atoms with van der Waals surface area (Å²) in [6, 6.07) is 1.88. The molecule has 2 aromatic rings. The molecule has 0 radical (unpaired) electrons. The quantitative estimate of drug-likeness (QED) is 0.857. The Labute approximate surface area is 145 Å². The van der Waals surface area contributed by atoms with Crippen LogP contribution in [0.25, 0.3) is 0 Å². The highest BCUT2D eigenvalue weighted by atomic mass is 32.1. The summed E-state index contributed by atoms with van der Waals surface area (Å²) in [6.45, 7) is 6.10. The van der Waals surface area contributed by atoms with Gasteiger partial charge in [-0.3, -0.25) is 9.48 Å². The van der Waals surface area contributed by atoms with Gasteiger partial charge in [0, 0.05) is 31.2 Å². The second-order valence-corrected chi connectivity index (χ2v) is 7.48. The van der Waals surface area contributed by atoms with Gasteiger partial charge >= 0.3 is 0 Å². The van der Waals surface area contributed by atoms with Crippen LogP contribution in [0.1, 0.15) is 47.1 Å². The van der Waals surface area contributed by atoms with Crippen molar-refractivity contribution in [2.75, 3.05) is 13.1 Å². The molecule has 24 heavy (non-hydrogen) atoms. The van der Waals surface area contributed by atoms with Gasteiger partial charge in [0.1, 0.15) is 16.8 Å². The molecule has 0 aliphatic carbocycles. The Morgan fingerprint density at radius 2 is 2.38 bits per heavy atom. The molecule has 1 amide bonds. The van der Waals surface area contributed by atoms with Crippen LogP contribution < -0.4 is 0 Å². The summed E-state index contributed by atoms with van der Waals surface area (Å²) in [5.74, 6) is 0.595. The number of aromatic nitrogens is 3. The Kier molecular flexibility index (Phi) is 4.14. The first-order chi connectivity index (χ1) is 11.7. The maximum atomic E-state index is 12.9. The molecule has 4 rings (SSSR count). The number of nitrogens with zero attached hydrogens (tertiary/aromatic N) is 4. The number of piperidine rings is 1. The van der Waals surface area contributed by atoms with Gasteiger partial charge in [0.2, 0.25) is 0 Å². The van der Waals surface area contributed by atoms with Crippen molar-refractivity contribution in [2.24, 2.45) is 5.92 Å². The fraction of sp³-hybridized carbons (Fsp3) is 0.588. The lowest BCUT2D eigenvalue weighted by Gasteiger charge is -2.34.